The van der Waals surface area contributed by atoms with Gasteiger partial charge in [-0.3, -0.25) is 10.1 Å². The van der Waals surface area contributed by atoms with Gasteiger partial charge in [0, 0.05) is 11.6 Å². The van der Waals surface area contributed by atoms with Gasteiger partial charge in [0.15, 0.2) is 0 Å². The lowest BCUT2D eigenvalue weighted by Crippen LogP contribution is -2.01. The molecule has 0 saturated carbocycles. The Bertz CT molecular complexity index is 598. The molecule has 0 saturated heterocycles. The molecule has 1 atom stereocenters. The first-order chi connectivity index (χ1) is 9.09. The zero-order chi connectivity index (χ0) is 13.8. The standard InChI is InChI=1S/C15H14ClNO2/c1-11-6-2-4-8-13(11)14(16)10-12-7-3-5-9-15(12)17(18)19/h2-9,14H,10H2,1H3. The number of hydrogen-bond donors (Lipinski definition) is 0. The van der Waals surface area contributed by atoms with Crippen LogP contribution >= 0.6 is 11.6 Å². The molecule has 0 aliphatic rings. The molecule has 0 heterocycles. The molecule has 2 aromatic carbocycles. The average Bonchev–Trinajstić information content (AvgIpc) is 2.39. The number of aryl methyl sites for hydroxylation is 1. The molecule has 4 heteroatoms. The Kier molecular flexibility index (Phi) is 4.17. The van der Waals surface area contributed by atoms with E-state index in [1.165, 1.54) is 6.07 Å². The summed E-state index contributed by atoms with van der Waals surface area (Å²) in [6.07, 6.45) is 0.448. The van der Waals surface area contributed by atoms with E-state index in [2.05, 4.69) is 0 Å². The summed E-state index contributed by atoms with van der Waals surface area (Å²) in [6, 6.07) is 14.6. The third-order valence-corrected chi connectivity index (χ3v) is 3.50. The number of hydrogen-bond acceptors (Lipinski definition) is 2. The molecular weight excluding hydrogens is 262 g/mol. The van der Waals surface area contributed by atoms with Gasteiger partial charge in [0.2, 0.25) is 0 Å². The van der Waals surface area contributed by atoms with E-state index in [9.17, 15) is 10.1 Å². The third-order valence-electron chi connectivity index (χ3n) is 3.11. The summed E-state index contributed by atoms with van der Waals surface area (Å²) in [6.45, 7) is 1.99. The lowest BCUT2D eigenvalue weighted by molar-refractivity contribution is -0.385. The number of nitro groups is 1. The van der Waals surface area contributed by atoms with Gasteiger partial charge in [-0.15, -0.1) is 11.6 Å². The van der Waals surface area contributed by atoms with Crippen LogP contribution in [0.2, 0.25) is 0 Å². The molecule has 0 N–H and O–H groups in total. The molecule has 0 fully saturated rings. The molecule has 0 amide bonds. The number of benzene rings is 2. The van der Waals surface area contributed by atoms with Gasteiger partial charge in [0.1, 0.15) is 0 Å². The van der Waals surface area contributed by atoms with E-state index in [0.717, 1.165) is 11.1 Å². The summed E-state index contributed by atoms with van der Waals surface area (Å²) >= 11 is 6.40. The highest BCUT2D eigenvalue weighted by atomic mass is 35.5. The maximum absolute atomic E-state index is 11.0. The number of halogens is 1. The second kappa shape index (κ2) is 5.85. The summed E-state index contributed by atoms with van der Waals surface area (Å²) in [5, 5.41) is 10.7. The molecule has 3 nitrogen and oxygen atoms in total. The van der Waals surface area contributed by atoms with Crippen LogP contribution in [-0.4, -0.2) is 4.92 Å². The SMILES string of the molecule is Cc1ccccc1C(Cl)Cc1ccccc1[N+](=O)[O-]. The minimum absolute atomic E-state index is 0.127. The Hall–Kier alpha value is -1.87. The highest BCUT2D eigenvalue weighted by molar-refractivity contribution is 6.21. The van der Waals surface area contributed by atoms with Crippen molar-refractivity contribution in [2.75, 3.05) is 0 Å². The second-order valence-electron chi connectivity index (χ2n) is 4.41. The summed E-state index contributed by atoms with van der Waals surface area (Å²) in [7, 11) is 0. The van der Waals surface area contributed by atoms with Crippen molar-refractivity contribution in [1.82, 2.24) is 0 Å². The summed E-state index contributed by atoms with van der Waals surface area (Å²) < 4.78 is 0. The third kappa shape index (κ3) is 3.12. The van der Waals surface area contributed by atoms with Crippen LogP contribution in [-0.2, 0) is 6.42 Å². The number of alkyl halides is 1. The lowest BCUT2D eigenvalue weighted by atomic mass is 9.99. The van der Waals surface area contributed by atoms with Gasteiger partial charge in [0.25, 0.3) is 5.69 Å². The van der Waals surface area contributed by atoms with Crippen molar-refractivity contribution >= 4 is 17.3 Å². The maximum atomic E-state index is 11.0. The average molecular weight is 276 g/mol. The Labute approximate surface area is 117 Å². The van der Waals surface area contributed by atoms with E-state index in [1.807, 2.05) is 31.2 Å². The highest BCUT2D eigenvalue weighted by Crippen LogP contribution is 2.30. The Morgan fingerprint density at radius 1 is 1.16 bits per heavy atom. The normalized spacial score (nSPS) is 12.1. The van der Waals surface area contributed by atoms with Gasteiger partial charge >= 0.3 is 0 Å². The molecule has 0 aliphatic heterocycles. The van der Waals surface area contributed by atoms with Crippen LogP contribution < -0.4 is 0 Å². The molecule has 0 aromatic heterocycles. The van der Waals surface area contributed by atoms with Gasteiger partial charge in [-0.05, 0) is 24.5 Å². The fourth-order valence-corrected chi connectivity index (χ4v) is 2.51. The van der Waals surface area contributed by atoms with Gasteiger partial charge < -0.3 is 0 Å². The summed E-state index contributed by atoms with van der Waals surface area (Å²) in [5.41, 5.74) is 2.90. The Balaban J connectivity index is 2.27. The van der Waals surface area contributed by atoms with E-state index in [0.29, 0.717) is 12.0 Å². The predicted molar refractivity (Wildman–Crippen MR) is 76.6 cm³/mol. The largest absolute Gasteiger partial charge is 0.272 e. The van der Waals surface area contributed by atoms with Crippen LogP contribution in [0, 0.1) is 17.0 Å². The van der Waals surface area contributed by atoms with E-state index in [4.69, 9.17) is 11.6 Å². The fourth-order valence-electron chi connectivity index (χ4n) is 2.10. The zero-order valence-electron chi connectivity index (χ0n) is 10.5. The van der Waals surface area contributed by atoms with Crippen LogP contribution in [0.15, 0.2) is 48.5 Å². The molecule has 98 valence electrons. The first-order valence-corrected chi connectivity index (χ1v) is 6.45. The topological polar surface area (TPSA) is 43.1 Å². The minimum atomic E-state index is -0.364. The van der Waals surface area contributed by atoms with Crippen molar-refractivity contribution in [2.24, 2.45) is 0 Å². The lowest BCUT2D eigenvalue weighted by Gasteiger charge is -2.12. The fraction of sp³-hybridized carbons (Fsp3) is 0.200. The quantitative estimate of drug-likeness (QED) is 0.471. The highest BCUT2D eigenvalue weighted by Gasteiger charge is 2.18. The maximum Gasteiger partial charge on any atom is 0.272 e. The summed E-state index contributed by atoms with van der Waals surface area (Å²) in [4.78, 5) is 10.6. The monoisotopic (exact) mass is 275 g/mol. The molecule has 0 aliphatic carbocycles. The van der Waals surface area contributed by atoms with Crippen molar-refractivity contribution in [3.05, 3.63) is 75.3 Å². The zero-order valence-corrected chi connectivity index (χ0v) is 11.3. The van der Waals surface area contributed by atoms with Gasteiger partial charge in [-0.1, -0.05) is 42.5 Å². The predicted octanol–water partition coefficient (Wildman–Crippen LogP) is 4.43. The van der Waals surface area contributed by atoms with Crippen LogP contribution in [0.5, 0.6) is 0 Å². The molecule has 19 heavy (non-hydrogen) atoms. The first-order valence-electron chi connectivity index (χ1n) is 6.01. The van der Waals surface area contributed by atoms with E-state index >= 15 is 0 Å². The molecule has 2 rings (SSSR count). The Morgan fingerprint density at radius 2 is 1.79 bits per heavy atom. The first kappa shape index (κ1) is 13.6. The van der Waals surface area contributed by atoms with Crippen molar-refractivity contribution in [3.63, 3.8) is 0 Å². The smallest absolute Gasteiger partial charge is 0.258 e. The Morgan fingerprint density at radius 3 is 2.47 bits per heavy atom. The number of nitro benzene ring substituents is 1. The summed E-state index contributed by atoms with van der Waals surface area (Å²) in [5.74, 6) is 0. The van der Waals surface area contributed by atoms with Gasteiger partial charge in [0.05, 0.1) is 10.3 Å². The molecular formula is C15H14ClNO2. The van der Waals surface area contributed by atoms with Crippen molar-refractivity contribution in [2.45, 2.75) is 18.7 Å². The molecule has 0 radical (unpaired) electrons. The van der Waals surface area contributed by atoms with E-state index in [1.54, 1.807) is 18.2 Å². The van der Waals surface area contributed by atoms with Crippen LogP contribution in [0.4, 0.5) is 5.69 Å². The van der Waals surface area contributed by atoms with Crippen LogP contribution in [0.1, 0.15) is 22.1 Å². The number of rotatable bonds is 4. The molecule has 0 spiro atoms. The van der Waals surface area contributed by atoms with Crippen molar-refractivity contribution in [3.8, 4) is 0 Å². The van der Waals surface area contributed by atoms with Crippen LogP contribution in [0.3, 0.4) is 0 Å². The second-order valence-corrected chi connectivity index (χ2v) is 4.94. The van der Waals surface area contributed by atoms with E-state index in [-0.39, 0.29) is 16.0 Å². The van der Waals surface area contributed by atoms with Crippen molar-refractivity contribution < 1.29 is 4.92 Å². The van der Waals surface area contributed by atoms with Gasteiger partial charge in [-0.2, -0.15) is 0 Å². The van der Waals surface area contributed by atoms with Crippen molar-refractivity contribution in [1.29, 1.82) is 0 Å². The number of nitrogens with zero attached hydrogens (tertiary/aromatic N) is 1. The van der Waals surface area contributed by atoms with Gasteiger partial charge in [-0.25, -0.2) is 0 Å². The number of para-hydroxylation sites is 1. The van der Waals surface area contributed by atoms with Crippen LogP contribution in [0.25, 0.3) is 0 Å². The minimum Gasteiger partial charge on any atom is -0.258 e. The molecule has 0 bridgehead atoms. The molecule has 1 unspecified atom stereocenters. The molecule has 2 aromatic rings. The van der Waals surface area contributed by atoms with E-state index < -0.39 is 0 Å².